The summed E-state index contributed by atoms with van der Waals surface area (Å²) in [5.74, 6) is 0.0445. The van der Waals surface area contributed by atoms with Crippen LogP contribution in [0.1, 0.15) is 26.5 Å². The van der Waals surface area contributed by atoms with Crippen molar-refractivity contribution in [3.8, 4) is 0 Å². The average molecular weight is 294 g/mol. The molecule has 0 spiro atoms. The van der Waals surface area contributed by atoms with Crippen molar-refractivity contribution < 1.29 is 14.3 Å². The van der Waals surface area contributed by atoms with Gasteiger partial charge in [0.15, 0.2) is 0 Å². The van der Waals surface area contributed by atoms with Crippen LogP contribution in [0.4, 0.5) is 4.79 Å². The van der Waals surface area contributed by atoms with E-state index >= 15 is 0 Å². The van der Waals surface area contributed by atoms with E-state index in [2.05, 4.69) is 9.97 Å². The number of nitrogens with one attached hydrogen (secondary N) is 1. The molecule has 116 valence electrons. The number of hydrogen-bond donors (Lipinski definition) is 1. The van der Waals surface area contributed by atoms with Crippen molar-refractivity contribution in [2.45, 2.75) is 32.8 Å². The highest BCUT2D eigenvalue weighted by Gasteiger charge is 2.27. The predicted molar refractivity (Wildman–Crippen MR) is 76.7 cm³/mol. The molecule has 1 aromatic heterocycles. The van der Waals surface area contributed by atoms with Crippen molar-refractivity contribution in [2.24, 2.45) is 0 Å². The quantitative estimate of drug-likeness (QED) is 0.883. The maximum absolute atomic E-state index is 12.1. The number of aromatic nitrogens is 2. The van der Waals surface area contributed by atoms with E-state index in [4.69, 9.17) is 4.74 Å². The van der Waals surface area contributed by atoms with Gasteiger partial charge in [0.05, 0.1) is 12.7 Å². The third kappa shape index (κ3) is 4.47. The van der Waals surface area contributed by atoms with Crippen LogP contribution < -0.4 is 0 Å². The summed E-state index contributed by atoms with van der Waals surface area (Å²) in [6.45, 7) is 7.60. The van der Waals surface area contributed by atoms with E-state index in [0.717, 1.165) is 5.69 Å². The summed E-state index contributed by atoms with van der Waals surface area (Å²) in [6.07, 6.45) is 3.20. The summed E-state index contributed by atoms with van der Waals surface area (Å²) in [7, 11) is 0. The molecular formula is C14H22N4O3. The Morgan fingerprint density at radius 3 is 2.38 bits per heavy atom. The smallest absolute Gasteiger partial charge is 0.410 e. The van der Waals surface area contributed by atoms with Crippen LogP contribution in [-0.4, -0.2) is 63.5 Å². The van der Waals surface area contributed by atoms with Crippen LogP contribution in [0, 0.1) is 0 Å². The number of piperazine rings is 1. The van der Waals surface area contributed by atoms with Gasteiger partial charge >= 0.3 is 6.09 Å². The summed E-state index contributed by atoms with van der Waals surface area (Å²) in [5, 5.41) is 0. The zero-order valence-electron chi connectivity index (χ0n) is 12.8. The molecule has 0 saturated carbocycles. The molecule has 0 unspecified atom stereocenters. The SMILES string of the molecule is CC(C)(C)OC(=O)N1CCN(C(=O)Cc2cnc[nH]2)CC1. The molecule has 2 amide bonds. The van der Waals surface area contributed by atoms with Crippen molar-refractivity contribution in [3.05, 3.63) is 18.2 Å². The molecule has 1 aliphatic heterocycles. The zero-order chi connectivity index (χ0) is 15.5. The highest BCUT2D eigenvalue weighted by Crippen LogP contribution is 2.12. The second-order valence-electron chi connectivity index (χ2n) is 6.10. The van der Waals surface area contributed by atoms with Crippen LogP contribution in [0.3, 0.4) is 0 Å². The minimum absolute atomic E-state index is 0.0445. The van der Waals surface area contributed by atoms with Gasteiger partial charge in [0.1, 0.15) is 5.60 Å². The summed E-state index contributed by atoms with van der Waals surface area (Å²) in [6, 6.07) is 0. The minimum atomic E-state index is -0.495. The van der Waals surface area contributed by atoms with Gasteiger partial charge in [0.2, 0.25) is 5.91 Å². The largest absolute Gasteiger partial charge is 0.444 e. The van der Waals surface area contributed by atoms with Gasteiger partial charge in [0, 0.05) is 38.1 Å². The number of amides is 2. The first-order valence-corrected chi connectivity index (χ1v) is 7.08. The van der Waals surface area contributed by atoms with Gasteiger partial charge in [-0.25, -0.2) is 9.78 Å². The van der Waals surface area contributed by atoms with Crippen LogP contribution >= 0.6 is 0 Å². The number of rotatable bonds is 2. The monoisotopic (exact) mass is 294 g/mol. The Hall–Kier alpha value is -2.05. The van der Waals surface area contributed by atoms with E-state index in [1.54, 1.807) is 22.3 Å². The zero-order valence-corrected chi connectivity index (χ0v) is 12.8. The average Bonchev–Trinajstić information content (AvgIpc) is 2.90. The number of carbonyl (C=O) groups excluding carboxylic acids is 2. The molecule has 2 heterocycles. The molecule has 7 nitrogen and oxygen atoms in total. The summed E-state index contributed by atoms with van der Waals surface area (Å²) >= 11 is 0. The molecule has 1 N–H and O–H groups in total. The lowest BCUT2D eigenvalue weighted by Crippen LogP contribution is -2.52. The van der Waals surface area contributed by atoms with E-state index in [1.165, 1.54) is 0 Å². The van der Waals surface area contributed by atoms with E-state index in [0.29, 0.717) is 32.6 Å². The van der Waals surface area contributed by atoms with Gasteiger partial charge in [-0.05, 0) is 20.8 Å². The normalized spacial score (nSPS) is 16.0. The number of imidazole rings is 1. The van der Waals surface area contributed by atoms with Gasteiger partial charge in [-0.1, -0.05) is 0 Å². The van der Waals surface area contributed by atoms with E-state index < -0.39 is 5.60 Å². The van der Waals surface area contributed by atoms with Crippen molar-refractivity contribution in [3.63, 3.8) is 0 Å². The van der Waals surface area contributed by atoms with Gasteiger partial charge in [0.25, 0.3) is 0 Å². The molecule has 21 heavy (non-hydrogen) atoms. The fraction of sp³-hybridized carbons (Fsp3) is 0.643. The van der Waals surface area contributed by atoms with Crippen LogP contribution in [-0.2, 0) is 16.0 Å². The molecule has 0 atom stereocenters. The number of hydrogen-bond acceptors (Lipinski definition) is 4. The fourth-order valence-corrected chi connectivity index (χ4v) is 2.12. The van der Waals surface area contributed by atoms with Crippen LogP contribution in [0.5, 0.6) is 0 Å². The number of carbonyl (C=O) groups is 2. The number of H-pyrrole nitrogens is 1. The Kier molecular flexibility index (Phi) is 4.50. The Balaban J connectivity index is 1.80. The topological polar surface area (TPSA) is 78.5 Å². The molecule has 1 saturated heterocycles. The lowest BCUT2D eigenvalue weighted by Gasteiger charge is -2.35. The van der Waals surface area contributed by atoms with Gasteiger partial charge in [-0.3, -0.25) is 4.79 Å². The van der Waals surface area contributed by atoms with Crippen molar-refractivity contribution >= 4 is 12.0 Å². The molecular weight excluding hydrogens is 272 g/mol. The van der Waals surface area contributed by atoms with Crippen molar-refractivity contribution in [1.82, 2.24) is 19.8 Å². The number of nitrogens with zero attached hydrogens (tertiary/aromatic N) is 3. The maximum Gasteiger partial charge on any atom is 0.410 e. The highest BCUT2D eigenvalue weighted by atomic mass is 16.6. The molecule has 1 fully saturated rings. The molecule has 0 bridgehead atoms. The first kappa shape index (κ1) is 15.3. The Labute approximate surface area is 124 Å². The minimum Gasteiger partial charge on any atom is -0.444 e. The highest BCUT2D eigenvalue weighted by molar-refractivity contribution is 5.78. The van der Waals surface area contributed by atoms with E-state index in [9.17, 15) is 9.59 Å². The third-order valence-corrected chi connectivity index (χ3v) is 3.18. The molecule has 7 heteroatoms. The maximum atomic E-state index is 12.1. The van der Waals surface area contributed by atoms with Crippen LogP contribution in [0.2, 0.25) is 0 Å². The van der Waals surface area contributed by atoms with Crippen LogP contribution in [0.15, 0.2) is 12.5 Å². The molecule has 0 aliphatic carbocycles. The van der Waals surface area contributed by atoms with Gasteiger partial charge in [-0.2, -0.15) is 0 Å². The number of aromatic amines is 1. The summed E-state index contributed by atoms with van der Waals surface area (Å²) in [4.78, 5) is 34.3. The predicted octanol–water partition coefficient (Wildman–Crippen LogP) is 1.03. The van der Waals surface area contributed by atoms with Gasteiger partial charge in [-0.15, -0.1) is 0 Å². The lowest BCUT2D eigenvalue weighted by molar-refractivity contribution is -0.132. The first-order chi connectivity index (χ1) is 9.85. The molecule has 0 aromatic carbocycles. The first-order valence-electron chi connectivity index (χ1n) is 7.08. The third-order valence-electron chi connectivity index (χ3n) is 3.18. The summed E-state index contributed by atoms with van der Waals surface area (Å²) < 4.78 is 5.33. The lowest BCUT2D eigenvalue weighted by atomic mass is 10.2. The van der Waals surface area contributed by atoms with Crippen molar-refractivity contribution in [1.29, 1.82) is 0 Å². The molecule has 1 aromatic rings. The van der Waals surface area contributed by atoms with E-state index in [1.807, 2.05) is 20.8 Å². The van der Waals surface area contributed by atoms with Crippen molar-refractivity contribution in [2.75, 3.05) is 26.2 Å². The second kappa shape index (κ2) is 6.15. The second-order valence-corrected chi connectivity index (χ2v) is 6.10. The van der Waals surface area contributed by atoms with Gasteiger partial charge < -0.3 is 19.5 Å². The summed E-state index contributed by atoms with van der Waals surface area (Å²) in [5.41, 5.74) is 0.305. The Morgan fingerprint density at radius 2 is 1.86 bits per heavy atom. The Bertz CT molecular complexity index is 485. The van der Waals surface area contributed by atoms with Crippen LogP contribution in [0.25, 0.3) is 0 Å². The molecule has 1 aliphatic rings. The molecule has 2 rings (SSSR count). The molecule has 0 radical (unpaired) electrons. The van der Waals surface area contributed by atoms with E-state index in [-0.39, 0.29) is 12.0 Å². The Morgan fingerprint density at radius 1 is 1.24 bits per heavy atom. The number of ether oxygens (including phenoxy) is 1. The standard InChI is InChI=1S/C14H22N4O3/c1-14(2,3)21-13(20)18-6-4-17(5-7-18)12(19)8-11-9-15-10-16-11/h9-10H,4-8H2,1-3H3,(H,15,16). The fourth-order valence-electron chi connectivity index (χ4n) is 2.12.